The Kier molecular flexibility index (Phi) is 6.60. The van der Waals surface area contributed by atoms with Gasteiger partial charge in [-0.1, -0.05) is 127 Å². The van der Waals surface area contributed by atoms with Crippen LogP contribution in [-0.2, 0) is 6.42 Å². The maximum absolute atomic E-state index is 5.57. The molecule has 236 valence electrons. The molecule has 0 atom stereocenters. The van der Waals surface area contributed by atoms with Crippen LogP contribution in [-0.4, -0.2) is 16.5 Å². The van der Waals surface area contributed by atoms with Crippen molar-refractivity contribution in [3.05, 3.63) is 179 Å². The van der Waals surface area contributed by atoms with Gasteiger partial charge in [0.1, 0.15) is 0 Å². The van der Waals surface area contributed by atoms with Gasteiger partial charge >= 0.3 is 0 Å². The van der Waals surface area contributed by atoms with Crippen LogP contribution in [0.2, 0.25) is 0 Å². The molecule has 1 aliphatic carbocycles. The van der Waals surface area contributed by atoms with Gasteiger partial charge in [-0.25, -0.2) is 9.98 Å². The van der Waals surface area contributed by atoms with Crippen molar-refractivity contribution in [3.8, 4) is 11.1 Å². The molecule has 10 rings (SSSR count). The minimum absolute atomic E-state index is 0.735. The summed E-state index contributed by atoms with van der Waals surface area (Å²) < 4.78 is 0. The highest BCUT2D eigenvalue weighted by Gasteiger charge is 2.26. The van der Waals surface area contributed by atoms with Crippen LogP contribution in [0.4, 0.5) is 0 Å². The second-order valence-electron chi connectivity index (χ2n) is 13.6. The average molecular weight is 640 g/mol. The highest BCUT2D eigenvalue weighted by atomic mass is 14.9. The first-order valence-corrected chi connectivity index (χ1v) is 17.4. The van der Waals surface area contributed by atoms with Gasteiger partial charge in [-0.05, 0) is 93.1 Å². The fraction of sp³-hybridized carbons (Fsp3) is 0.0851. The summed E-state index contributed by atoms with van der Waals surface area (Å²) in [7, 11) is 0. The second-order valence-corrected chi connectivity index (χ2v) is 13.6. The molecule has 3 nitrogen and oxygen atoms in total. The number of fused-ring (bicyclic) bond motifs is 10. The zero-order valence-corrected chi connectivity index (χ0v) is 27.8. The van der Waals surface area contributed by atoms with E-state index in [2.05, 4.69) is 146 Å². The molecule has 3 heteroatoms. The fourth-order valence-electron chi connectivity index (χ4n) is 8.14. The molecule has 50 heavy (non-hydrogen) atoms. The van der Waals surface area contributed by atoms with Gasteiger partial charge in [-0.2, -0.15) is 0 Å². The van der Waals surface area contributed by atoms with Crippen LogP contribution in [0.1, 0.15) is 47.6 Å². The lowest BCUT2D eigenvalue weighted by Crippen LogP contribution is -2.12. The van der Waals surface area contributed by atoms with Gasteiger partial charge < -0.3 is 0 Å². The van der Waals surface area contributed by atoms with Crippen LogP contribution < -0.4 is 0 Å². The van der Waals surface area contributed by atoms with E-state index >= 15 is 0 Å². The Morgan fingerprint density at radius 1 is 0.540 bits per heavy atom. The Hall–Kier alpha value is -6.19. The number of aromatic nitrogens is 1. The molecule has 0 saturated heterocycles. The van der Waals surface area contributed by atoms with Crippen LogP contribution in [0.15, 0.2) is 161 Å². The lowest BCUT2D eigenvalue weighted by Gasteiger charge is -2.18. The number of hydrogen-bond acceptors (Lipinski definition) is 3. The predicted octanol–water partition coefficient (Wildman–Crippen LogP) is 11.7. The van der Waals surface area contributed by atoms with Gasteiger partial charge in [0.05, 0.1) is 16.9 Å². The minimum Gasteiger partial charge on any atom is -0.256 e. The molecule has 7 aromatic carbocycles. The van der Waals surface area contributed by atoms with E-state index in [0.717, 1.165) is 69.3 Å². The summed E-state index contributed by atoms with van der Waals surface area (Å²) in [5.74, 6) is 0.735. The summed E-state index contributed by atoms with van der Waals surface area (Å²) >= 11 is 0. The van der Waals surface area contributed by atoms with E-state index in [1.165, 1.54) is 54.9 Å². The van der Waals surface area contributed by atoms with Crippen molar-refractivity contribution in [2.75, 3.05) is 0 Å². The van der Waals surface area contributed by atoms with Crippen molar-refractivity contribution in [1.29, 1.82) is 0 Å². The van der Waals surface area contributed by atoms with E-state index < -0.39 is 0 Å². The van der Waals surface area contributed by atoms with E-state index in [-0.39, 0.29) is 0 Å². The van der Waals surface area contributed by atoms with Crippen LogP contribution in [0, 0.1) is 0 Å². The van der Waals surface area contributed by atoms with Gasteiger partial charge in [0.15, 0.2) is 5.84 Å². The first-order chi connectivity index (χ1) is 24.7. The van der Waals surface area contributed by atoms with Crippen molar-refractivity contribution >= 4 is 60.5 Å². The van der Waals surface area contributed by atoms with E-state index in [1.807, 2.05) is 6.20 Å². The van der Waals surface area contributed by atoms with E-state index in [9.17, 15) is 0 Å². The molecule has 1 aliphatic heterocycles. The molecular formula is C47H33N3. The molecule has 1 aromatic heterocycles. The van der Waals surface area contributed by atoms with Crippen LogP contribution >= 0.6 is 0 Å². The lowest BCUT2D eigenvalue weighted by molar-refractivity contribution is 1.00. The normalized spacial score (nSPS) is 17.9. The Labute approximate surface area is 291 Å². The van der Waals surface area contributed by atoms with Crippen LogP contribution in [0.5, 0.6) is 0 Å². The molecule has 0 fully saturated rings. The quantitative estimate of drug-likeness (QED) is 0.177. The number of benzene rings is 7. The largest absolute Gasteiger partial charge is 0.256 e. The third kappa shape index (κ3) is 4.62. The highest BCUT2D eigenvalue weighted by Crippen LogP contribution is 2.43. The van der Waals surface area contributed by atoms with Crippen molar-refractivity contribution in [3.63, 3.8) is 0 Å². The average Bonchev–Trinajstić information content (AvgIpc) is 3.56. The molecule has 8 aromatic rings. The molecule has 0 spiro atoms. The zero-order chi connectivity index (χ0) is 33.2. The molecule has 0 radical (unpaired) electrons. The number of amidine groups is 1. The molecule has 2 aliphatic rings. The molecular weight excluding hydrogens is 607 g/mol. The van der Waals surface area contributed by atoms with Gasteiger partial charge in [0, 0.05) is 33.7 Å². The third-order valence-electron chi connectivity index (χ3n) is 10.6. The van der Waals surface area contributed by atoms with Gasteiger partial charge in [-0.15, -0.1) is 0 Å². The SMILES string of the molecule is C\C1=C(c2ccccc2)/N=C(c2ccc3ccc4ncc5ccccc5c4c3c2)\N=C(\c2cccc3c2-c2ccc4ccccc4c2C3)CC1. The number of nitrogens with zero attached hydrogens (tertiary/aromatic N) is 3. The Morgan fingerprint density at radius 3 is 2.20 bits per heavy atom. The van der Waals surface area contributed by atoms with Gasteiger partial charge in [0.25, 0.3) is 0 Å². The number of aliphatic imine (C=N–C) groups is 2. The fourth-order valence-corrected chi connectivity index (χ4v) is 8.14. The Balaban J connectivity index is 1.21. The second kappa shape index (κ2) is 11.5. The first kappa shape index (κ1) is 28.8. The van der Waals surface area contributed by atoms with Crippen LogP contribution in [0.25, 0.3) is 60.0 Å². The number of hydrogen-bond donors (Lipinski definition) is 0. The summed E-state index contributed by atoms with van der Waals surface area (Å²) in [6.07, 6.45) is 4.62. The number of allylic oxidation sites excluding steroid dienone is 1. The Morgan fingerprint density at radius 2 is 1.30 bits per heavy atom. The van der Waals surface area contributed by atoms with Gasteiger partial charge in [0.2, 0.25) is 0 Å². The first-order valence-electron chi connectivity index (χ1n) is 17.4. The predicted molar refractivity (Wildman–Crippen MR) is 210 cm³/mol. The lowest BCUT2D eigenvalue weighted by atomic mass is 9.91. The highest BCUT2D eigenvalue weighted by molar-refractivity contribution is 6.22. The summed E-state index contributed by atoms with van der Waals surface area (Å²) in [6.45, 7) is 2.23. The summed E-state index contributed by atoms with van der Waals surface area (Å²) in [5.41, 5.74) is 13.1. The van der Waals surface area contributed by atoms with Crippen LogP contribution in [0.3, 0.4) is 0 Å². The van der Waals surface area contributed by atoms with Gasteiger partial charge in [-0.3, -0.25) is 4.98 Å². The van der Waals surface area contributed by atoms with E-state index in [0.29, 0.717) is 0 Å². The summed E-state index contributed by atoms with van der Waals surface area (Å²) in [5, 5.41) is 8.47. The Bertz CT molecular complexity index is 2780. The number of rotatable bonds is 3. The molecule has 0 saturated carbocycles. The topological polar surface area (TPSA) is 37.6 Å². The molecule has 0 amide bonds. The maximum atomic E-state index is 5.57. The smallest absolute Gasteiger partial charge is 0.160 e. The monoisotopic (exact) mass is 639 g/mol. The molecule has 0 unspecified atom stereocenters. The van der Waals surface area contributed by atoms with Crippen molar-refractivity contribution in [2.24, 2.45) is 9.98 Å². The molecule has 0 bridgehead atoms. The van der Waals surface area contributed by atoms with Crippen molar-refractivity contribution < 1.29 is 0 Å². The van der Waals surface area contributed by atoms with Crippen molar-refractivity contribution in [2.45, 2.75) is 26.2 Å². The minimum atomic E-state index is 0.735. The molecule has 0 N–H and O–H groups in total. The zero-order valence-electron chi connectivity index (χ0n) is 27.8. The standard InChI is InChI=1S/C47H33N3/c1-29-18-24-42(39-17-9-14-33-26-41-36-15-7-5-10-30(36)21-23-38(41)44(33)39)49-47(50-46(29)32-11-3-2-4-12-32)34-20-19-31-22-25-43-45(40(31)27-34)37-16-8-6-13-35(37)28-48-43/h2-17,19-23,25,27-28H,18,24,26H2,1H3/b46-29+,49-42+,50-47-. The van der Waals surface area contributed by atoms with E-state index in [4.69, 9.17) is 15.0 Å². The third-order valence-corrected chi connectivity index (χ3v) is 10.6. The van der Waals surface area contributed by atoms with E-state index in [1.54, 1.807) is 0 Å². The summed E-state index contributed by atoms with van der Waals surface area (Å²) in [4.78, 5) is 15.9. The van der Waals surface area contributed by atoms with Crippen molar-refractivity contribution in [1.82, 2.24) is 4.98 Å². The summed E-state index contributed by atoms with van der Waals surface area (Å²) in [6, 6.07) is 50.2. The maximum Gasteiger partial charge on any atom is 0.160 e. The molecule has 2 heterocycles. The number of pyridine rings is 1.